The summed E-state index contributed by atoms with van der Waals surface area (Å²) in [5.74, 6) is -13.2. The Morgan fingerprint density at radius 1 is 0.333 bits per heavy atom. The van der Waals surface area contributed by atoms with Gasteiger partial charge >= 0.3 is 99.4 Å². The van der Waals surface area contributed by atoms with Gasteiger partial charge in [0.25, 0.3) is 45.9 Å². The summed E-state index contributed by atoms with van der Waals surface area (Å²) >= 11 is 0. The zero-order chi connectivity index (χ0) is 99.3. The van der Waals surface area contributed by atoms with Gasteiger partial charge in [-0.1, -0.05) is 0 Å². The van der Waals surface area contributed by atoms with Gasteiger partial charge in [-0.05, 0) is 148 Å². The minimum atomic E-state index is -1.41. The maximum atomic E-state index is 12.3. The van der Waals surface area contributed by atoms with Crippen LogP contribution in [0.3, 0.4) is 0 Å². The Balaban J connectivity index is 0.000000249. The fourth-order valence-electron chi connectivity index (χ4n) is 13.6. The van der Waals surface area contributed by atoms with E-state index in [-0.39, 0.29) is 219 Å². The molecular weight excluding hydrogens is 1880 g/mol. The number of carbonyl (C=O) groups excluding carboxylic acids is 12. The summed E-state index contributed by atoms with van der Waals surface area (Å²) in [6, 6.07) is 17.1. The first kappa shape index (κ1) is 109. The predicted octanol–water partition coefficient (Wildman–Crippen LogP) is -9.02. The molecule has 0 fully saturated rings. The van der Waals surface area contributed by atoms with Gasteiger partial charge in [-0.2, -0.15) is 19.9 Å². The molecule has 0 spiro atoms. The van der Waals surface area contributed by atoms with Gasteiger partial charge in [0.1, 0.15) is 24.2 Å². The van der Waals surface area contributed by atoms with Crippen molar-refractivity contribution >= 4 is 265 Å². The molecule has 4 aliphatic rings. The Morgan fingerprint density at radius 3 is 0.659 bits per heavy atom. The summed E-state index contributed by atoms with van der Waals surface area (Å²) < 4.78 is 0. The Bertz CT molecular complexity index is 5330. The topological polar surface area (TPSA) is 891 Å². The Hall–Kier alpha value is -16.0. The number of carboxylic acid groups (broad SMARTS) is 8. The van der Waals surface area contributed by atoms with Gasteiger partial charge in [0, 0.05) is 121 Å². The molecule has 8 atom stereocenters. The van der Waals surface area contributed by atoms with Crippen molar-refractivity contribution in [3.63, 3.8) is 0 Å². The first-order valence-electron chi connectivity index (χ1n) is 40.6. The van der Waals surface area contributed by atoms with Crippen molar-refractivity contribution in [1.29, 1.82) is 0 Å². The van der Waals surface area contributed by atoms with Crippen molar-refractivity contribution in [2.45, 2.75) is 99.7 Å². The van der Waals surface area contributed by atoms with Crippen LogP contribution in [-0.2, 0) is 57.5 Å². The minimum absolute atomic E-state index is 0. The number of nitrogens with zero attached hydrogens (tertiary/aromatic N) is 8. The second-order valence-electron chi connectivity index (χ2n) is 29.7. The van der Waals surface area contributed by atoms with Crippen LogP contribution in [0.5, 0.6) is 0 Å². The van der Waals surface area contributed by atoms with Crippen LogP contribution in [0.4, 0.5) is 92.6 Å². The summed E-state index contributed by atoms with van der Waals surface area (Å²) in [6.45, 7) is 2.23. The van der Waals surface area contributed by atoms with Crippen molar-refractivity contribution in [1.82, 2.24) is 61.1 Å². The molecule has 138 heavy (non-hydrogen) atoms. The van der Waals surface area contributed by atoms with E-state index in [0.29, 0.717) is 74.6 Å². The number of nitrogens with two attached hydrogens (primary N) is 4. The molecule has 8 heterocycles. The largest absolute Gasteiger partial charge is 2.00 e. The molecule has 0 saturated carbocycles. The van der Waals surface area contributed by atoms with Gasteiger partial charge in [0.2, 0.25) is 49.4 Å². The molecule has 12 rings (SSSR count). The van der Waals surface area contributed by atoms with Crippen LogP contribution in [0, 0.1) is 0 Å². The Kier molecular flexibility index (Phi) is 40.7. The Morgan fingerprint density at radius 2 is 0.507 bits per heavy atom. The first-order chi connectivity index (χ1) is 64.8. The van der Waals surface area contributed by atoms with E-state index in [1.807, 2.05) is 0 Å². The van der Waals surface area contributed by atoms with E-state index >= 15 is 0 Å². The van der Waals surface area contributed by atoms with E-state index in [9.17, 15) is 116 Å². The molecule has 720 valence electrons. The number of nitrogen functional groups attached to an aromatic ring is 4. The number of aliphatic carboxylic acids is 8. The summed E-state index contributed by atoms with van der Waals surface area (Å²) in [5, 5.41) is 112. The monoisotopic (exact) mass is 1970 g/mol. The van der Waals surface area contributed by atoms with Crippen LogP contribution in [0.25, 0.3) is 0 Å². The standard InChI is InChI=1S/4C20H23N7O7.2Ca/c4*21-20-25-16-15(18(32)26-20)27(9-28)12(8-23-16)7-22-11-3-1-10(2-4-11)17(31)24-13(19(33)34)5-6-14(29)30;;/h4*1-4,9,12-13,22H,5-8H2,(H,24,31)(H,29,30)(H,33,34)(H4,21,23,25,26,32);;/q;;;;2*+2/p-4/t4*12?,13-;;/m0000../s1. The third-order valence-corrected chi connectivity index (χ3v) is 20.5. The average Bonchev–Trinajstić information content (AvgIpc) is 0.794. The van der Waals surface area contributed by atoms with E-state index in [0.717, 1.165) is 0 Å². The number of nitrogens with one attached hydrogen (secondary N) is 16. The van der Waals surface area contributed by atoms with Crippen molar-refractivity contribution in [2.24, 2.45) is 0 Å². The summed E-state index contributed by atoms with van der Waals surface area (Å²) in [7, 11) is 0. The van der Waals surface area contributed by atoms with Crippen LogP contribution in [0.1, 0.15) is 92.8 Å². The maximum Gasteiger partial charge on any atom is 2.00 e. The van der Waals surface area contributed by atoms with Gasteiger partial charge in [0.15, 0.2) is 46.0 Å². The first-order valence-corrected chi connectivity index (χ1v) is 40.6. The second kappa shape index (κ2) is 51.5. The molecule has 4 aromatic heterocycles. The maximum absolute atomic E-state index is 12.3. The fourth-order valence-corrected chi connectivity index (χ4v) is 13.6. The number of anilines is 16. The second-order valence-corrected chi connectivity index (χ2v) is 29.7. The molecule has 4 aromatic carbocycles. The van der Waals surface area contributed by atoms with E-state index in [4.69, 9.17) is 43.4 Å². The SMILES string of the molecule is Nc1nc2c(c(=O)[nH]1)N(C=O)C(CNc1ccc(C(=O)N[C@@H](CCC(=O)[O-])C(=O)O)cc1)CN2.Nc1nc2c(c(=O)[nH]1)N(C=O)C(CNc1ccc(C(=O)N[C@@H](CCC(=O)[O-])C(=O)O)cc1)CN2.Nc1nc2c(c(=O)[nH]1)N(C=O)C(CNc1ccc(C(=O)N[C@@H](CCC(=O)[O-])C(=O)O)cc1)CN2.Nc1nc2c(c(=O)[nH]1)N(C=O)C(CNc1ccc(C(=O)N[C@@H](CCC(=O)[O-])C(=O)O)cc1)CN2.[Ca+2].[Ca+2]. The van der Waals surface area contributed by atoms with Crippen LogP contribution in [0.15, 0.2) is 116 Å². The van der Waals surface area contributed by atoms with E-state index < -0.39 is 168 Å². The Labute approximate surface area is 835 Å². The number of rotatable bonds is 40. The number of aromatic nitrogens is 8. The van der Waals surface area contributed by atoms with Crippen molar-refractivity contribution in [3.8, 4) is 0 Å². The summed E-state index contributed by atoms with van der Waals surface area (Å²) in [6.07, 6.45) is -1.11. The number of H-pyrrole nitrogens is 4. The number of hydrogen-bond acceptors (Lipinski definition) is 40. The minimum Gasteiger partial charge on any atom is -0.550 e. The number of carbonyl (C=O) groups is 16. The van der Waals surface area contributed by atoms with Crippen LogP contribution < -0.4 is 149 Å². The van der Waals surface area contributed by atoms with E-state index in [1.54, 1.807) is 48.5 Å². The third-order valence-electron chi connectivity index (χ3n) is 20.5. The number of hydrogen-bond donors (Lipinski definition) is 24. The van der Waals surface area contributed by atoms with Gasteiger partial charge in [0.05, 0.1) is 24.2 Å². The molecule has 28 N–H and O–H groups in total. The molecule has 0 radical (unpaired) electrons. The van der Waals surface area contributed by atoms with Crippen LogP contribution in [0.2, 0.25) is 0 Å². The fraction of sp³-hybridized carbons (Fsp3) is 0.300. The average molecular weight is 1970 g/mol. The smallest absolute Gasteiger partial charge is 0.550 e. The molecule has 0 bridgehead atoms. The van der Waals surface area contributed by atoms with Crippen LogP contribution in [-0.4, -0.2) is 333 Å². The quantitative estimate of drug-likeness (QED) is 0.0125. The zero-order valence-electron chi connectivity index (χ0n) is 72.4. The molecule has 58 heteroatoms. The van der Waals surface area contributed by atoms with Gasteiger partial charge in [-0.25, -0.2) is 19.2 Å². The number of amides is 8. The number of carboxylic acids is 8. The molecule has 8 amide bonds. The molecule has 0 aliphatic carbocycles. The number of benzene rings is 4. The summed E-state index contributed by atoms with van der Waals surface area (Å²) in [4.78, 5) is 262. The summed E-state index contributed by atoms with van der Waals surface area (Å²) in [5.41, 5.74) is 23.2. The number of aromatic amines is 4. The molecule has 8 aromatic rings. The van der Waals surface area contributed by atoms with Gasteiger partial charge < -0.3 is 166 Å². The van der Waals surface area contributed by atoms with Crippen molar-refractivity contribution < 1.29 is 118 Å². The van der Waals surface area contributed by atoms with Gasteiger partial charge in [-0.3, -0.25) is 77.5 Å². The molecular formula is C80H88Ca2N28O28. The predicted molar refractivity (Wildman–Crippen MR) is 484 cm³/mol. The van der Waals surface area contributed by atoms with Crippen LogP contribution >= 0.6 is 0 Å². The van der Waals surface area contributed by atoms with E-state index in [1.165, 1.54) is 68.1 Å². The zero-order valence-corrected chi connectivity index (χ0v) is 76.8. The van der Waals surface area contributed by atoms with Gasteiger partial charge in [-0.15, -0.1) is 0 Å². The van der Waals surface area contributed by atoms with Crippen molar-refractivity contribution in [3.05, 3.63) is 161 Å². The normalized spacial score (nSPS) is 15.2. The molecule has 4 aliphatic heterocycles. The van der Waals surface area contributed by atoms with E-state index in [2.05, 4.69) is 104 Å². The molecule has 56 nitrogen and oxygen atoms in total. The van der Waals surface area contributed by atoms with Crippen molar-refractivity contribution in [2.75, 3.05) is 137 Å². The number of fused-ring (bicyclic) bond motifs is 4. The molecule has 0 saturated heterocycles. The third kappa shape index (κ3) is 30.5. The molecule has 4 unspecified atom stereocenters.